The summed E-state index contributed by atoms with van der Waals surface area (Å²) in [5, 5.41) is 0.742. The molecule has 1 aliphatic heterocycles. The van der Waals surface area contributed by atoms with Gasteiger partial charge in [0.15, 0.2) is 5.05 Å². The Bertz CT molecular complexity index is 131. The van der Waals surface area contributed by atoms with Gasteiger partial charge in [0, 0.05) is 6.42 Å². The van der Waals surface area contributed by atoms with Crippen LogP contribution in [-0.4, -0.2) is 11.2 Å². The van der Waals surface area contributed by atoms with E-state index in [1.165, 1.54) is 0 Å². The van der Waals surface area contributed by atoms with Crippen molar-refractivity contribution in [2.75, 3.05) is 0 Å². The fourth-order valence-electron chi connectivity index (χ4n) is 0.900. The van der Waals surface area contributed by atoms with Gasteiger partial charge in [0.2, 0.25) is 0 Å². The average Bonchev–Trinajstić information content (AvgIpc) is 1.88. The lowest BCUT2D eigenvalue weighted by Gasteiger charge is -2.20. The van der Waals surface area contributed by atoms with Gasteiger partial charge in [-0.3, -0.25) is 0 Å². The highest BCUT2D eigenvalue weighted by Gasteiger charge is 2.13. The predicted molar refractivity (Wildman–Crippen MR) is 41.5 cm³/mol. The minimum absolute atomic E-state index is 0.186. The number of hydrogen-bond donors (Lipinski definition) is 0. The van der Waals surface area contributed by atoms with Crippen molar-refractivity contribution in [3.05, 3.63) is 12.7 Å². The second-order valence-electron chi connectivity index (χ2n) is 2.16. The van der Waals surface area contributed by atoms with Crippen LogP contribution >= 0.6 is 12.2 Å². The maximum atomic E-state index is 5.25. The minimum atomic E-state index is 0.186. The van der Waals surface area contributed by atoms with Crippen LogP contribution in [0, 0.1) is 0 Å². The predicted octanol–water partition coefficient (Wildman–Crippen LogP) is 2.07. The van der Waals surface area contributed by atoms with E-state index in [9.17, 15) is 0 Å². The van der Waals surface area contributed by atoms with Crippen molar-refractivity contribution >= 4 is 17.3 Å². The van der Waals surface area contributed by atoms with E-state index in [4.69, 9.17) is 17.0 Å². The first-order valence-corrected chi connectivity index (χ1v) is 3.56. The van der Waals surface area contributed by atoms with Crippen molar-refractivity contribution in [2.24, 2.45) is 0 Å². The summed E-state index contributed by atoms with van der Waals surface area (Å²) >= 11 is 4.88. The fraction of sp³-hybridized carbons (Fsp3) is 0.571. The molecule has 0 amide bonds. The van der Waals surface area contributed by atoms with Gasteiger partial charge < -0.3 is 4.74 Å². The zero-order chi connectivity index (χ0) is 6.69. The van der Waals surface area contributed by atoms with Gasteiger partial charge in [-0.15, -0.1) is 0 Å². The molecule has 0 aromatic rings. The lowest BCUT2D eigenvalue weighted by atomic mass is 10.1. The first-order chi connectivity index (χ1) is 4.33. The van der Waals surface area contributed by atoms with Crippen LogP contribution in [0.25, 0.3) is 0 Å². The summed E-state index contributed by atoms with van der Waals surface area (Å²) in [4.78, 5) is 0. The molecule has 0 saturated carbocycles. The summed E-state index contributed by atoms with van der Waals surface area (Å²) in [6.45, 7) is 3.63. The molecule has 1 heterocycles. The van der Waals surface area contributed by atoms with Crippen molar-refractivity contribution in [1.82, 2.24) is 0 Å². The SMILES string of the molecule is C=CC1CCCC(=S)O1. The summed E-state index contributed by atoms with van der Waals surface area (Å²) in [7, 11) is 0. The zero-order valence-electron chi connectivity index (χ0n) is 5.30. The summed E-state index contributed by atoms with van der Waals surface area (Å²) < 4.78 is 5.25. The Morgan fingerprint density at radius 2 is 2.56 bits per heavy atom. The third kappa shape index (κ3) is 1.79. The van der Waals surface area contributed by atoms with Gasteiger partial charge in [-0.05, 0) is 25.1 Å². The fourth-order valence-corrected chi connectivity index (χ4v) is 1.17. The molecule has 1 rings (SSSR count). The Morgan fingerprint density at radius 1 is 1.78 bits per heavy atom. The molecule has 0 spiro atoms. The molecule has 1 atom stereocenters. The number of rotatable bonds is 1. The number of thiocarbonyl (C=S) groups is 1. The van der Waals surface area contributed by atoms with E-state index in [0.717, 1.165) is 24.3 Å². The van der Waals surface area contributed by atoms with E-state index in [1.54, 1.807) is 0 Å². The highest BCUT2D eigenvalue weighted by Crippen LogP contribution is 2.15. The van der Waals surface area contributed by atoms with Gasteiger partial charge in [0.05, 0.1) is 0 Å². The summed E-state index contributed by atoms with van der Waals surface area (Å²) in [6.07, 6.45) is 5.16. The highest BCUT2D eigenvalue weighted by molar-refractivity contribution is 7.80. The second kappa shape index (κ2) is 2.97. The van der Waals surface area contributed by atoms with Gasteiger partial charge in [0.25, 0.3) is 0 Å². The number of hydrogen-bond acceptors (Lipinski definition) is 2. The molecule has 0 aromatic heterocycles. The van der Waals surface area contributed by atoms with Crippen LogP contribution in [0.5, 0.6) is 0 Å². The molecule has 1 nitrogen and oxygen atoms in total. The average molecular weight is 142 g/mol. The van der Waals surface area contributed by atoms with Crippen molar-refractivity contribution in [3.8, 4) is 0 Å². The monoisotopic (exact) mass is 142 g/mol. The molecule has 50 valence electrons. The molecule has 2 heteroatoms. The van der Waals surface area contributed by atoms with Crippen molar-refractivity contribution < 1.29 is 4.74 Å². The lowest BCUT2D eigenvalue weighted by Crippen LogP contribution is -2.19. The zero-order valence-corrected chi connectivity index (χ0v) is 6.12. The quantitative estimate of drug-likeness (QED) is 0.409. The third-order valence-electron chi connectivity index (χ3n) is 1.42. The summed E-state index contributed by atoms with van der Waals surface area (Å²) in [6, 6.07) is 0. The van der Waals surface area contributed by atoms with Crippen LogP contribution in [0.2, 0.25) is 0 Å². The Morgan fingerprint density at radius 3 is 3.00 bits per heavy atom. The van der Waals surface area contributed by atoms with Gasteiger partial charge in [-0.25, -0.2) is 0 Å². The van der Waals surface area contributed by atoms with Gasteiger partial charge in [-0.2, -0.15) is 0 Å². The normalized spacial score (nSPS) is 27.1. The third-order valence-corrected chi connectivity index (χ3v) is 1.72. The van der Waals surface area contributed by atoms with Crippen molar-refractivity contribution in [1.29, 1.82) is 0 Å². The Balaban J connectivity index is 2.40. The number of ether oxygens (including phenoxy) is 1. The molecule has 0 bridgehead atoms. The van der Waals surface area contributed by atoms with Crippen LogP contribution in [0.1, 0.15) is 19.3 Å². The van der Waals surface area contributed by atoms with Crippen LogP contribution in [0.3, 0.4) is 0 Å². The van der Waals surface area contributed by atoms with Crippen LogP contribution in [0.15, 0.2) is 12.7 Å². The van der Waals surface area contributed by atoms with E-state index in [0.29, 0.717) is 0 Å². The molecule has 0 aliphatic carbocycles. The molecule has 0 radical (unpaired) electrons. The smallest absolute Gasteiger partial charge is 0.160 e. The van der Waals surface area contributed by atoms with E-state index in [1.807, 2.05) is 6.08 Å². The molecule has 1 aliphatic rings. The van der Waals surface area contributed by atoms with E-state index < -0.39 is 0 Å². The maximum Gasteiger partial charge on any atom is 0.160 e. The molecule has 1 fully saturated rings. The minimum Gasteiger partial charge on any atom is -0.480 e. The molecule has 0 aromatic carbocycles. The second-order valence-corrected chi connectivity index (χ2v) is 2.61. The van der Waals surface area contributed by atoms with E-state index >= 15 is 0 Å². The standard InChI is InChI=1S/C7H10OS/c1-2-6-4-3-5-7(9)8-6/h2,6H,1,3-5H2. The van der Waals surface area contributed by atoms with Crippen LogP contribution < -0.4 is 0 Å². The van der Waals surface area contributed by atoms with Crippen LogP contribution in [0.4, 0.5) is 0 Å². The van der Waals surface area contributed by atoms with Gasteiger partial charge in [-0.1, -0.05) is 12.7 Å². The summed E-state index contributed by atoms with van der Waals surface area (Å²) in [5.74, 6) is 0. The molecule has 0 N–H and O–H groups in total. The molecule has 1 saturated heterocycles. The largest absolute Gasteiger partial charge is 0.480 e. The Labute approximate surface area is 60.7 Å². The van der Waals surface area contributed by atoms with E-state index in [2.05, 4.69) is 6.58 Å². The molecular formula is C7H10OS. The van der Waals surface area contributed by atoms with Crippen molar-refractivity contribution in [3.63, 3.8) is 0 Å². The topological polar surface area (TPSA) is 9.23 Å². The lowest BCUT2D eigenvalue weighted by molar-refractivity contribution is 0.200. The highest BCUT2D eigenvalue weighted by atomic mass is 32.1. The van der Waals surface area contributed by atoms with Crippen LogP contribution in [-0.2, 0) is 4.74 Å². The van der Waals surface area contributed by atoms with E-state index in [-0.39, 0.29) is 6.10 Å². The van der Waals surface area contributed by atoms with Crippen molar-refractivity contribution in [2.45, 2.75) is 25.4 Å². The molecule has 9 heavy (non-hydrogen) atoms. The maximum absolute atomic E-state index is 5.25. The molecule has 1 unspecified atom stereocenters. The Kier molecular flexibility index (Phi) is 2.22. The Hall–Kier alpha value is -0.370. The van der Waals surface area contributed by atoms with Gasteiger partial charge in [0.1, 0.15) is 6.10 Å². The first kappa shape index (κ1) is 6.75. The van der Waals surface area contributed by atoms with Gasteiger partial charge >= 0.3 is 0 Å². The summed E-state index contributed by atoms with van der Waals surface area (Å²) in [5.41, 5.74) is 0. The molecular weight excluding hydrogens is 132 g/mol. The first-order valence-electron chi connectivity index (χ1n) is 3.15.